The van der Waals surface area contributed by atoms with Gasteiger partial charge in [-0.2, -0.15) is 15.0 Å². The number of rotatable bonds is 4. The molecule has 1 heterocycles. The van der Waals surface area contributed by atoms with Crippen LogP contribution in [-0.4, -0.2) is 46.3 Å². The molecule has 2 rings (SSSR count). The summed E-state index contributed by atoms with van der Waals surface area (Å²) in [5.41, 5.74) is 5.00. The van der Waals surface area contributed by atoms with Gasteiger partial charge in [0.05, 0.1) is 5.60 Å². The van der Waals surface area contributed by atoms with Gasteiger partial charge >= 0.3 is 0 Å². The van der Waals surface area contributed by atoms with Crippen molar-refractivity contribution in [3.63, 3.8) is 0 Å². The molecule has 0 unspecified atom stereocenters. The predicted molar refractivity (Wildman–Crippen MR) is 79.7 cm³/mol. The number of anilines is 3. The van der Waals surface area contributed by atoms with Crippen LogP contribution in [0, 0.1) is 0 Å². The van der Waals surface area contributed by atoms with Crippen LogP contribution < -0.4 is 16.0 Å². The number of nitrogens with two attached hydrogens (primary N) is 1. The lowest BCUT2D eigenvalue weighted by atomic mass is 9.95. The minimum Gasteiger partial charge on any atom is -0.388 e. The quantitative estimate of drug-likeness (QED) is 0.708. The minimum absolute atomic E-state index is 0.180. The summed E-state index contributed by atoms with van der Waals surface area (Å²) in [7, 11) is 3.69. The van der Waals surface area contributed by atoms with Crippen molar-refractivity contribution in [3.05, 3.63) is 0 Å². The number of hydrogen-bond donors (Lipinski definition) is 3. The van der Waals surface area contributed by atoms with Gasteiger partial charge in [-0.15, -0.1) is 0 Å². The molecule has 0 spiro atoms. The third kappa shape index (κ3) is 3.93. The lowest BCUT2D eigenvalue weighted by molar-refractivity contribution is 0.0379. The van der Waals surface area contributed by atoms with Gasteiger partial charge in [0, 0.05) is 20.6 Å². The molecule has 4 N–H and O–H groups in total. The van der Waals surface area contributed by atoms with E-state index in [2.05, 4.69) is 20.3 Å². The molecule has 1 aliphatic carbocycles. The summed E-state index contributed by atoms with van der Waals surface area (Å²) in [5, 5.41) is 13.7. The van der Waals surface area contributed by atoms with Crippen LogP contribution in [0.1, 0.15) is 38.5 Å². The van der Waals surface area contributed by atoms with E-state index in [1.165, 1.54) is 12.8 Å². The first kappa shape index (κ1) is 14.8. The Balaban J connectivity index is 2.02. The van der Waals surface area contributed by atoms with E-state index in [0.717, 1.165) is 25.7 Å². The molecule has 1 aliphatic rings. The molecule has 20 heavy (non-hydrogen) atoms. The van der Waals surface area contributed by atoms with Gasteiger partial charge in [0.2, 0.25) is 17.8 Å². The number of hydrogen-bond acceptors (Lipinski definition) is 7. The Morgan fingerprint density at radius 2 is 1.80 bits per heavy atom. The molecule has 0 radical (unpaired) electrons. The normalized spacial score (nSPS) is 18.4. The average molecular weight is 280 g/mol. The van der Waals surface area contributed by atoms with E-state index in [4.69, 9.17) is 5.73 Å². The van der Waals surface area contributed by atoms with Crippen molar-refractivity contribution in [3.8, 4) is 0 Å². The van der Waals surface area contributed by atoms with Gasteiger partial charge in [-0.05, 0) is 12.8 Å². The van der Waals surface area contributed by atoms with E-state index >= 15 is 0 Å². The highest BCUT2D eigenvalue weighted by atomic mass is 16.3. The van der Waals surface area contributed by atoms with Crippen molar-refractivity contribution in [2.24, 2.45) is 0 Å². The fourth-order valence-corrected chi connectivity index (χ4v) is 2.47. The van der Waals surface area contributed by atoms with E-state index in [9.17, 15) is 5.11 Å². The number of nitrogens with zero attached hydrogens (tertiary/aromatic N) is 4. The topological polar surface area (TPSA) is 100 Å². The Bertz CT molecular complexity index is 442. The van der Waals surface area contributed by atoms with Gasteiger partial charge in [-0.25, -0.2) is 0 Å². The summed E-state index contributed by atoms with van der Waals surface area (Å²) in [6.07, 6.45) is 6.18. The first-order valence-corrected chi connectivity index (χ1v) is 7.14. The van der Waals surface area contributed by atoms with Crippen molar-refractivity contribution in [1.29, 1.82) is 0 Å². The van der Waals surface area contributed by atoms with Crippen LogP contribution in [0.2, 0.25) is 0 Å². The SMILES string of the molecule is CN(C)c1nc(N)nc(NCC2(O)CCCCCC2)n1. The fraction of sp³-hybridized carbons (Fsp3) is 0.769. The maximum atomic E-state index is 10.6. The Morgan fingerprint density at radius 1 is 1.15 bits per heavy atom. The molecule has 1 fully saturated rings. The Hall–Kier alpha value is -1.63. The van der Waals surface area contributed by atoms with Crippen LogP contribution in [0.25, 0.3) is 0 Å². The summed E-state index contributed by atoms with van der Waals surface area (Å²) in [6, 6.07) is 0. The molecule has 0 aromatic carbocycles. The highest BCUT2D eigenvalue weighted by molar-refractivity contribution is 5.40. The number of aliphatic hydroxyl groups is 1. The lowest BCUT2D eigenvalue weighted by Crippen LogP contribution is -2.36. The van der Waals surface area contributed by atoms with Crippen molar-refractivity contribution >= 4 is 17.8 Å². The summed E-state index contributed by atoms with van der Waals surface area (Å²) >= 11 is 0. The van der Waals surface area contributed by atoms with Gasteiger partial charge in [0.25, 0.3) is 0 Å². The summed E-state index contributed by atoms with van der Waals surface area (Å²) < 4.78 is 0. The zero-order chi connectivity index (χ0) is 14.6. The minimum atomic E-state index is -0.670. The molecule has 0 bridgehead atoms. The van der Waals surface area contributed by atoms with Gasteiger partial charge in [-0.3, -0.25) is 0 Å². The van der Waals surface area contributed by atoms with E-state index in [-0.39, 0.29) is 5.95 Å². The number of nitrogens with one attached hydrogen (secondary N) is 1. The zero-order valence-electron chi connectivity index (χ0n) is 12.3. The van der Waals surface area contributed by atoms with Crippen molar-refractivity contribution in [2.45, 2.75) is 44.1 Å². The van der Waals surface area contributed by atoms with Gasteiger partial charge < -0.3 is 21.1 Å². The molecule has 0 saturated heterocycles. The summed E-state index contributed by atoms with van der Waals surface area (Å²) in [5.74, 6) is 1.10. The summed E-state index contributed by atoms with van der Waals surface area (Å²) in [6.45, 7) is 0.448. The van der Waals surface area contributed by atoms with Crippen LogP contribution in [0.4, 0.5) is 17.8 Å². The van der Waals surface area contributed by atoms with Gasteiger partial charge in [-0.1, -0.05) is 25.7 Å². The molecule has 7 nitrogen and oxygen atoms in total. The van der Waals surface area contributed by atoms with Crippen LogP contribution in [-0.2, 0) is 0 Å². The van der Waals surface area contributed by atoms with Crippen molar-refractivity contribution in [1.82, 2.24) is 15.0 Å². The van der Waals surface area contributed by atoms with Gasteiger partial charge in [0.1, 0.15) is 0 Å². The molecule has 0 aliphatic heterocycles. The third-order valence-corrected chi connectivity index (χ3v) is 3.65. The standard InChI is InChI=1S/C13H24N6O/c1-19(2)12-17-10(14)16-11(18-12)15-9-13(20)7-5-3-4-6-8-13/h20H,3-9H2,1-2H3,(H3,14,15,16,17,18). The molecule has 0 amide bonds. The first-order valence-electron chi connectivity index (χ1n) is 7.14. The largest absolute Gasteiger partial charge is 0.388 e. The van der Waals surface area contributed by atoms with E-state index in [0.29, 0.717) is 18.4 Å². The van der Waals surface area contributed by atoms with Crippen molar-refractivity contribution in [2.75, 3.05) is 36.6 Å². The Labute approximate surface area is 119 Å². The number of nitrogen functional groups attached to an aromatic ring is 1. The number of aromatic nitrogens is 3. The van der Waals surface area contributed by atoms with Crippen molar-refractivity contribution < 1.29 is 5.11 Å². The Kier molecular flexibility index (Phi) is 4.59. The average Bonchev–Trinajstić information content (AvgIpc) is 2.61. The van der Waals surface area contributed by atoms with E-state index in [1.807, 2.05) is 14.1 Å². The maximum absolute atomic E-state index is 10.6. The highest BCUT2D eigenvalue weighted by Gasteiger charge is 2.28. The van der Waals surface area contributed by atoms with Crippen LogP contribution in [0.3, 0.4) is 0 Å². The molecular formula is C13H24N6O. The smallest absolute Gasteiger partial charge is 0.231 e. The second kappa shape index (κ2) is 6.21. The maximum Gasteiger partial charge on any atom is 0.231 e. The molecule has 7 heteroatoms. The first-order chi connectivity index (χ1) is 9.48. The Morgan fingerprint density at radius 3 is 2.40 bits per heavy atom. The molecule has 1 aromatic heterocycles. The molecule has 1 aromatic rings. The van der Waals surface area contributed by atoms with E-state index < -0.39 is 5.60 Å². The molecular weight excluding hydrogens is 256 g/mol. The second-order valence-electron chi connectivity index (χ2n) is 5.70. The second-order valence-corrected chi connectivity index (χ2v) is 5.70. The molecule has 1 saturated carbocycles. The molecule has 112 valence electrons. The van der Waals surface area contributed by atoms with Crippen LogP contribution >= 0.6 is 0 Å². The van der Waals surface area contributed by atoms with Gasteiger partial charge in [0.15, 0.2) is 0 Å². The third-order valence-electron chi connectivity index (χ3n) is 3.65. The molecule has 0 atom stereocenters. The lowest BCUT2D eigenvalue weighted by Gasteiger charge is -2.26. The highest BCUT2D eigenvalue weighted by Crippen LogP contribution is 2.27. The van der Waals surface area contributed by atoms with Crippen LogP contribution in [0.15, 0.2) is 0 Å². The summed E-state index contributed by atoms with van der Waals surface area (Å²) in [4.78, 5) is 14.1. The monoisotopic (exact) mass is 280 g/mol. The van der Waals surface area contributed by atoms with E-state index in [1.54, 1.807) is 4.90 Å². The zero-order valence-corrected chi connectivity index (χ0v) is 12.3. The van der Waals surface area contributed by atoms with Crippen LogP contribution in [0.5, 0.6) is 0 Å². The predicted octanol–water partition coefficient (Wildman–Crippen LogP) is 1.02. The fourth-order valence-electron chi connectivity index (χ4n) is 2.47.